The number of allylic oxidation sites excluding steroid dienone is 2. The molecule has 0 radical (unpaired) electrons. The van der Waals surface area contributed by atoms with Crippen molar-refractivity contribution in [1.29, 1.82) is 0 Å². The zero-order valence-corrected chi connectivity index (χ0v) is 23.4. The number of ether oxygens (including phenoxy) is 3. The van der Waals surface area contributed by atoms with Gasteiger partial charge in [-0.15, -0.1) is 0 Å². The summed E-state index contributed by atoms with van der Waals surface area (Å²) < 4.78 is 17.1. The highest BCUT2D eigenvalue weighted by Gasteiger charge is 2.41. The molecule has 1 heterocycles. The number of carbonyl (C=O) groups is 2. The molecule has 8 heteroatoms. The van der Waals surface area contributed by atoms with Crippen LogP contribution in [0.1, 0.15) is 39.2 Å². The standard InChI is InChI=1S/C28H33BrN2O5/c1-8-35-27(32)24-17(3)31(21-13-11-20(12-14-21)30(5)6)18(4)25(28(33)36-9-2)26(24)19-10-15-23(34-7)22(29)16-19/h10-16,26H,8-9H2,1-7H3. The summed E-state index contributed by atoms with van der Waals surface area (Å²) >= 11 is 3.54. The van der Waals surface area contributed by atoms with Crippen molar-refractivity contribution in [3.05, 3.63) is 75.0 Å². The van der Waals surface area contributed by atoms with E-state index in [2.05, 4.69) is 15.9 Å². The van der Waals surface area contributed by atoms with Crippen molar-refractivity contribution in [2.45, 2.75) is 33.6 Å². The normalized spacial score (nSPS) is 14.2. The van der Waals surface area contributed by atoms with Gasteiger partial charge < -0.3 is 24.0 Å². The van der Waals surface area contributed by atoms with E-state index >= 15 is 0 Å². The molecule has 0 aliphatic carbocycles. The smallest absolute Gasteiger partial charge is 0.336 e. The monoisotopic (exact) mass is 556 g/mol. The van der Waals surface area contributed by atoms with E-state index in [1.807, 2.05) is 80.2 Å². The van der Waals surface area contributed by atoms with E-state index < -0.39 is 17.9 Å². The van der Waals surface area contributed by atoms with Crippen LogP contribution in [0.3, 0.4) is 0 Å². The highest BCUT2D eigenvalue weighted by molar-refractivity contribution is 9.10. The molecule has 192 valence electrons. The average molecular weight is 557 g/mol. The minimum Gasteiger partial charge on any atom is -0.496 e. The molecule has 36 heavy (non-hydrogen) atoms. The van der Waals surface area contributed by atoms with E-state index in [-0.39, 0.29) is 13.2 Å². The summed E-state index contributed by atoms with van der Waals surface area (Å²) in [5.74, 6) is -0.983. The highest BCUT2D eigenvalue weighted by Crippen LogP contribution is 2.46. The van der Waals surface area contributed by atoms with Crippen LogP contribution >= 0.6 is 15.9 Å². The molecule has 1 aliphatic rings. The van der Waals surface area contributed by atoms with Gasteiger partial charge in [-0.05, 0) is 85.6 Å². The lowest BCUT2D eigenvalue weighted by atomic mass is 9.79. The maximum atomic E-state index is 13.4. The van der Waals surface area contributed by atoms with Gasteiger partial charge in [0, 0.05) is 36.9 Å². The van der Waals surface area contributed by atoms with Gasteiger partial charge in [-0.3, -0.25) is 0 Å². The maximum absolute atomic E-state index is 13.4. The first-order valence-electron chi connectivity index (χ1n) is 11.8. The Bertz CT molecular complexity index is 1160. The van der Waals surface area contributed by atoms with Gasteiger partial charge in [0.2, 0.25) is 0 Å². The predicted octanol–water partition coefficient (Wildman–Crippen LogP) is 5.80. The van der Waals surface area contributed by atoms with Crippen LogP contribution in [0.4, 0.5) is 11.4 Å². The van der Waals surface area contributed by atoms with Gasteiger partial charge in [-0.2, -0.15) is 0 Å². The summed E-state index contributed by atoms with van der Waals surface area (Å²) in [5, 5.41) is 0. The molecule has 0 unspecified atom stereocenters. The molecule has 2 aromatic carbocycles. The number of esters is 2. The van der Waals surface area contributed by atoms with E-state index in [0.717, 1.165) is 16.9 Å². The molecule has 0 bridgehead atoms. The number of methoxy groups -OCH3 is 1. The quantitative estimate of drug-likeness (QED) is 0.380. The highest BCUT2D eigenvalue weighted by atomic mass is 79.9. The fraction of sp³-hybridized carbons (Fsp3) is 0.357. The van der Waals surface area contributed by atoms with Gasteiger partial charge in [0.15, 0.2) is 0 Å². The zero-order valence-electron chi connectivity index (χ0n) is 21.8. The lowest BCUT2D eigenvalue weighted by molar-refractivity contribution is -0.139. The number of rotatable bonds is 8. The van der Waals surface area contributed by atoms with Crippen LogP contribution in [0.15, 0.2) is 69.5 Å². The van der Waals surface area contributed by atoms with Gasteiger partial charge in [-0.1, -0.05) is 6.07 Å². The van der Waals surface area contributed by atoms with Crippen LogP contribution in [-0.4, -0.2) is 46.4 Å². The Labute approximate surface area is 221 Å². The Hall–Kier alpha value is -3.26. The van der Waals surface area contributed by atoms with Crippen molar-refractivity contribution in [1.82, 2.24) is 0 Å². The first kappa shape index (κ1) is 27.3. The van der Waals surface area contributed by atoms with Crippen molar-refractivity contribution >= 4 is 39.2 Å². The van der Waals surface area contributed by atoms with E-state index in [4.69, 9.17) is 14.2 Å². The Kier molecular flexibility index (Phi) is 8.84. The number of hydrogen-bond donors (Lipinski definition) is 0. The summed E-state index contributed by atoms with van der Waals surface area (Å²) in [6.07, 6.45) is 0. The summed E-state index contributed by atoms with van der Waals surface area (Å²) in [6.45, 7) is 7.71. The number of nitrogens with zero attached hydrogens (tertiary/aromatic N) is 2. The first-order chi connectivity index (χ1) is 17.2. The third-order valence-electron chi connectivity index (χ3n) is 6.15. The van der Waals surface area contributed by atoms with Crippen LogP contribution in [0.25, 0.3) is 0 Å². The third-order valence-corrected chi connectivity index (χ3v) is 6.77. The Morgan fingerprint density at radius 2 is 1.44 bits per heavy atom. The zero-order chi connectivity index (χ0) is 26.6. The van der Waals surface area contributed by atoms with Gasteiger partial charge in [0.05, 0.1) is 41.9 Å². The molecule has 0 aromatic heterocycles. The second-order valence-corrected chi connectivity index (χ2v) is 9.37. The van der Waals surface area contributed by atoms with Gasteiger partial charge >= 0.3 is 11.9 Å². The molecule has 7 nitrogen and oxygen atoms in total. The topological polar surface area (TPSA) is 68.3 Å². The second kappa shape index (κ2) is 11.6. The molecular formula is C28H33BrN2O5. The second-order valence-electron chi connectivity index (χ2n) is 8.51. The summed E-state index contributed by atoms with van der Waals surface area (Å²) in [6, 6.07) is 13.5. The van der Waals surface area contributed by atoms with Crippen LogP contribution < -0.4 is 14.5 Å². The molecule has 0 spiro atoms. The SMILES string of the molecule is CCOC(=O)C1=C(C)N(c2ccc(N(C)C)cc2)C(C)=C(C(=O)OCC)C1c1ccc(OC)c(Br)c1. The van der Waals surface area contributed by atoms with Crippen LogP contribution in [-0.2, 0) is 19.1 Å². The third kappa shape index (κ3) is 5.28. The Morgan fingerprint density at radius 1 is 0.917 bits per heavy atom. The van der Waals surface area contributed by atoms with Gasteiger partial charge in [0.1, 0.15) is 5.75 Å². The predicted molar refractivity (Wildman–Crippen MR) is 145 cm³/mol. The molecule has 0 N–H and O–H groups in total. The number of carbonyl (C=O) groups excluding carboxylic acids is 2. The summed E-state index contributed by atoms with van der Waals surface area (Å²) in [4.78, 5) is 30.8. The Balaban J connectivity index is 2.31. The summed E-state index contributed by atoms with van der Waals surface area (Å²) in [7, 11) is 5.53. The minimum absolute atomic E-state index is 0.212. The number of anilines is 2. The fourth-order valence-electron chi connectivity index (χ4n) is 4.49. The van der Waals surface area contributed by atoms with E-state index in [1.165, 1.54) is 0 Å². The molecule has 0 atom stereocenters. The first-order valence-corrected chi connectivity index (χ1v) is 12.6. The van der Waals surface area contributed by atoms with Crippen molar-refractivity contribution in [3.8, 4) is 5.75 Å². The van der Waals surface area contributed by atoms with Crippen molar-refractivity contribution < 1.29 is 23.8 Å². The molecule has 0 saturated heterocycles. The number of halogens is 1. The molecule has 0 amide bonds. The van der Waals surface area contributed by atoms with Crippen molar-refractivity contribution in [3.63, 3.8) is 0 Å². The number of benzene rings is 2. The van der Waals surface area contributed by atoms with Crippen LogP contribution in [0, 0.1) is 0 Å². The summed E-state index contributed by atoms with van der Waals surface area (Å²) in [5.41, 5.74) is 4.76. The van der Waals surface area contributed by atoms with Crippen LogP contribution in [0.5, 0.6) is 5.75 Å². The molecular weight excluding hydrogens is 524 g/mol. The molecule has 2 aromatic rings. The molecule has 0 fully saturated rings. The van der Waals surface area contributed by atoms with Crippen molar-refractivity contribution in [2.75, 3.05) is 44.2 Å². The van der Waals surface area contributed by atoms with Crippen LogP contribution in [0.2, 0.25) is 0 Å². The lowest BCUT2D eigenvalue weighted by Gasteiger charge is -2.38. The lowest BCUT2D eigenvalue weighted by Crippen LogP contribution is -2.35. The van der Waals surface area contributed by atoms with Gasteiger partial charge in [0.25, 0.3) is 0 Å². The maximum Gasteiger partial charge on any atom is 0.336 e. The number of hydrogen-bond acceptors (Lipinski definition) is 7. The largest absolute Gasteiger partial charge is 0.496 e. The van der Waals surface area contributed by atoms with Crippen molar-refractivity contribution in [2.24, 2.45) is 0 Å². The van der Waals surface area contributed by atoms with E-state index in [0.29, 0.717) is 32.8 Å². The molecule has 3 rings (SSSR count). The van der Waals surface area contributed by atoms with Gasteiger partial charge in [-0.25, -0.2) is 9.59 Å². The van der Waals surface area contributed by atoms with E-state index in [9.17, 15) is 9.59 Å². The molecule has 1 aliphatic heterocycles. The van der Waals surface area contributed by atoms with E-state index in [1.54, 1.807) is 21.0 Å². The molecule has 0 saturated carbocycles. The fourth-order valence-corrected chi connectivity index (χ4v) is 5.04. The average Bonchev–Trinajstić information content (AvgIpc) is 2.84. The Morgan fingerprint density at radius 3 is 1.86 bits per heavy atom. The minimum atomic E-state index is -0.678.